The summed E-state index contributed by atoms with van der Waals surface area (Å²) in [6, 6.07) is 6.31. The monoisotopic (exact) mass is 353 g/mol. The third-order valence-corrected chi connectivity index (χ3v) is 6.81. The van der Waals surface area contributed by atoms with Crippen molar-refractivity contribution in [1.82, 2.24) is 8.75 Å². The Kier molecular flexibility index (Phi) is 3.57. The summed E-state index contributed by atoms with van der Waals surface area (Å²) in [7, 11) is 0. The summed E-state index contributed by atoms with van der Waals surface area (Å²) in [6.07, 6.45) is 1.08. The van der Waals surface area contributed by atoms with Crippen LogP contribution in [0.2, 0.25) is 5.02 Å². The number of rotatable bonds is 2. The number of hydrogen-bond donors (Lipinski definition) is 1. The highest BCUT2D eigenvalue weighted by Gasteiger charge is 2.27. The van der Waals surface area contributed by atoms with Crippen LogP contribution in [0.25, 0.3) is 11.0 Å². The molecule has 4 rings (SSSR count). The van der Waals surface area contributed by atoms with Gasteiger partial charge in [-0.15, -0.1) is 23.1 Å². The molecular weight excluding hydrogens is 342 g/mol. The standard InChI is InChI=1S/C14H12ClN3S3/c1-7-6-11(8-4-5-19-14(8)20-7)16-12-9(15)2-3-10-13(12)18-21-17-10/h2-5,7,11,16H,6H2,1H3/t7-,11?/m0/s1. The number of anilines is 1. The number of fused-ring (bicyclic) bond motifs is 2. The number of aromatic nitrogens is 2. The molecule has 0 bridgehead atoms. The molecule has 108 valence electrons. The maximum atomic E-state index is 6.39. The summed E-state index contributed by atoms with van der Waals surface area (Å²) >= 11 is 11.4. The Balaban J connectivity index is 1.76. The highest BCUT2D eigenvalue weighted by atomic mass is 35.5. The van der Waals surface area contributed by atoms with Crippen molar-refractivity contribution < 1.29 is 0 Å². The molecule has 1 unspecified atom stereocenters. The molecule has 1 aliphatic rings. The van der Waals surface area contributed by atoms with Gasteiger partial charge in [0, 0.05) is 5.25 Å². The topological polar surface area (TPSA) is 37.8 Å². The quantitative estimate of drug-likeness (QED) is 0.665. The van der Waals surface area contributed by atoms with E-state index in [1.54, 1.807) is 0 Å². The largest absolute Gasteiger partial charge is 0.375 e. The van der Waals surface area contributed by atoms with Gasteiger partial charge in [-0.05, 0) is 35.6 Å². The van der Waals surface area contributed by atoms with Crippen LogP contribution in [0.3, 0.4) is 0 Å². The second-order valence-corrected chi connectivity index (χ2v) is 8.64. The van der Waals surface area contributed by atoms with Crippen molar-refractivity contribution in [3.63, 3.8) is 0 Å². The predicted octanol–water partition coefficient (Wildman–Crippen LogP) is 5.44. The van der Waals surface area contributed by atoms with E-state index in [-0.39, 0.29) is 6.04 Å². The van der Waals surface area contributed by atoms with Gasteiger partial charge in [-0.3, -0.25) is 0 Å². The van der Waals surface area contributed by atoms with Gasteiger partial charge in [-0.25, -0.2) is 0 Å². The van der Waals surface area contributed by atoms with Gasteiger partial charge in [0.1, 0.15) is 11.0 Å². The lowest BCUT2D eigenvalue weighted by molar-refractivity contribution is 0.670. The van der Waals surface area contributed by atoms with Gasteiger partial charge < -0.3 is 5.32 Å². The van der Waals surface area contributed by atoms with Gasteiger partial charge in [0.25, 0.3) is 0 Å². The average Bonchev–Trinajstić information content (AvgIpc) is 3.09. The first-order valence-corrected chi connectivity index (χ1v) is 9.50. The van der Waals surface area contributed by atoms with Crippen molar-refractivity contribution in [2.24, 2.45) is 0 Å². The van der Waals surface area contributed by atoms with Crippen LogP contribution in [-0.4, -0.2) is 14.0 Å². The molecule has 0 fully saturated rings. The number of thiophene rings is 1. The van der Waals surface area contributed by atoms with Crippen molar-refractivity contribution in [3.05, 3.63) is 34.2 Å². The summed E-state index contributed by atoms with van der Waals surface area (Å²) in [6.45, 7) is 2.27. The molecule has 0 radical (unpaired) electrons. The van der Waals surface area contributed by atoms with Crippen LogP contribution >= 0.6 is 46.4 Å². The number of nitrogens with zero attached hydrogens (tertiary/aromatic N) is 2. The SMILES string of the molecule is C[C@H]1CC(Nc2c(Cl)ccc3nsnc23)c2ccsc2S1. The van der Waals surface area contributed by atoms with E-state index >= 15 is 0 Å². The maximum Gasteiger partial charge on any atom is 0.129 e. The first-order chi connectivity index (χ1) is 10.2. The third-order valence-electron chi connectivity index (χ3n) is 3.61. The minimum absolute atomic E-state index is 0.285. The second-order valence-electron chi connectivity index (χ2n) is 5.08. The zero-order valence-electron chi connectivity index (χ0n) is 11.2. The lowest BCUT2D eigenvalue weighted by Crippen LogP contribution is -2.19. The van der Waals surface area contributed by atoms with Crippen LogP contribution in [0.1, 0.15) is 24.9 Å². The summed E-state index contributed by atoms with van der Waals surface area (Å²) in [4.78, 5) is 0. The molecule has 21 heavy (non-hydrogen) atoms. The fraction of sp³-hybridized carbons (Fsp3) is 0.286. The summed E-state index contributed by atoms with van der Waals surface area (Å²) < 4.78 is 10.1. The second kappa shape index (κ2) is 5.43. The first kappa shape index (κ1) is 13.8. The van der Waals surface area contributed by atoms with Crippen molar-refractivity contribution in [3.8, 4) is 0 Å². The van der Waals surface area contributed by atoms with Gasteiger partial charge in [0.05, 0.1) is 32.7 Å². The highest BCUT2D eigenvalue weighted by Crippen LogP contribution is 2.46. The van der Waals surface area contributed by atoms with Gasteiger partial charge in [-0.2, -0.15) is 8.75 Å². The molecular formula is C14H12ClN3S3. The van der Waals surface area contributed by atoms with E-state index < -0.39 is 0 Å². The fourth-order valence-corrected chi connectivity index (χ4v) is 5.94. The summed E-state index contributed by atoms with van der Waals surface area (Å²) in [5, 5.41) is 7.08. The molecule has 0 amide bonds. The number of benzene rings is 1. The molecule has 1 N–H and O–H groups in total. The van der Waals surface area contributed by atoms with Crippen LogP contribution < -0.4 is 5.32 Å². The van der Waals surface area contributed by atoms with E-state index in [0.29, 0.717) is 10.3 Å². The normalized spacial score (nSPS) is 21.4. The molecule has 1 aliphatic heterocycles. The Morgan fingerprint density at radius 1 is 1.29 bits per heavy atom. The zero-order valence-corrected chi connectivity index (χ0v) is 14.4. The van der Waals surface area contributed by atoms with Gasteiger partial charge >= 0.3 is 0 Å². The molecule has 1 aromatic carbocycles. The molecule has 0 aliphatic carbocycles. The van der Waals surface area contributed by atoms with E-state index in [9.17, 15) is 0 Å². The number of hydrogen-bond acceptors (Lipinski definition) is 6. The summed E-state index contributed by atoms with van der Waals surface area (Å²) in [5.74, 6) is 0. The molecule has 3 heterocycles. The highest BCUT2D eigenvalue weighted by molar-refractivity contribution is 8.01. The van der Waals surface area contributed by atoms with Crippen LogP contribution in [0.15, 0.2) is 27.8 Å². The van der Waals surface area contributed by atoms with Crippen LogP contribution in [-0.2, 0) is 0 Å². The van der Waals surface area contributed by atoms with E-state index in [0.717, 1.165) is 23.1 Å². The van der Waals surface area contributed by atoms with Gasteiger partial charge in [0.15, 0.2) is 0 Å². The van der Waals surface area contributed by atoms with Crippen LogP contribution in [0.5, 0.6) is 0 Å². The fourth-order valence-electron chi connectivity index (χ4n) is 2.62. The zero-order chi connectivity index (χ0) is 14.4. The maximum absolute atomic E-state index is 6.39. The van der Waals surface area contributed by atoms with Crippen LogP contribution in [0.4, 0.5) is 5.69 Å². The van der Waals surface area contributed by atoms with Gasteiger partial charge in [0.2, 0.25) is 0 Å². The molecule has 2 atom stereocenters. The molecule has 3 nitrogen and oxygen atoms in total. The van der Waals surface area contributed by atoms with Crippen molar-refractivity contribution in [2.45, 2.75) is 28.8 Å². The average molecular weight is 354 g/mol. The van der Waals surface area contributed by atoms with E-state index in [2.05, 4.69) is 32.4 Å². The Bertz CT molecular complexity index is 798. The molecule has 3 aromatic rings. The van der Waals surface area contributed by atoms with Crippen molar-refractivity contribution >= 4 is 63.1 Å². The Hall–Kier alpha value is -0.820. The Morgan fingerprint density at radius 3 is 3.10 bits per heavy atom. The molecule has 7 heteroatoms. The van der Waals surface area contributed by atoms with Crippen molar-refractivity contribution in [2.75, 3.05) is 5.32 Å². The number of halogens is 1. The number of nitrogens with one attached hydrogen (secondary N) is 1. The molecule has 0 saturated carbocycles. The Labute approximate surface area is 140 Å². The minimum Gasteiger partial charge on any atom is -0.375 e. The lowest BCUT2D eigenvalue weighted by atomic mass is 10.0. The Morgan fingerprint density at radius 2 is 2.19 bits per heavy atom. The van der Waals surface area contributed by atoms with E-state index in [1.807, 2.05) is 35.2 Å². The minimum atomic E-state index is 0.285. The smallest absolute Gasteiger partial charge is 0.129 e. The lowest BCUT2D eigenvalue weighted by Gasteiger charge is -2.28. The molecule has 0 saturated heterocycles. The third kappa shape index (κ3) is 2.44. The van der Waals surface area contributed by atoms with E-state index in [1.165, 1.54) is 21.5 Å². The van der Waals surface area contributed by atoms with Gasteiger partial charge in [-0.1, -0.05) is 18.5 Å². The summed E-state index contributed by atoms with van der Waals surface area (Å²) in [5.41, 5.74) is 4.05. The number of thioether (sulfide) groups is 1. The predicted molar refractivity (Wildman–Crippen MR) is 93.0 cm³/mol. The molecule has 0 spiro atoms. The first-order valence-electron chi connectivity index (χ1n) is 6.63. The van der Waals surface area contributed by atoms with Crippen molar-refractivity contribution in [1.29, 1.82) is 0 Å². The molecule has 2 aromatic heterocycles. The van der Waals surface area contributed by atoms with E-state index in [4.69, 9.17) is 11.6 Å². The van der Waals surface area contributed by atoms with Crippen LogP contribution in [0, 0.1) is 0 Å².